The lowest BCUT2D eigenvalue weighted by Gasteiger charge is -2.32. The maximum Gasteiger partial charge on any atom is 0.451 e. The fraction of sp³-hybridized carbons (Fsp3) is 0.562. The molecule has 0 amide bonds. The number of carbonyl (C=O) groups is 1. The first-order chi connectivity index (χ1) is 11.2. The van der Waals surface area contributed by atoms with E-state index in [1.54, 1.807) is 20.0 Å². The van der Waals surface area contributed by atoms with Crippen molar-refractivity contribution in [1.82, 2.24) is 5.32 Å². The fourth-order valence-electron chi connectivity index (χ4n) is 3.76. The van der Waals surface area contributed by atoms with E-state index in [4.69, 9.17) is 15.8 Å². The van der Waals surface area contributed by atoms with E-state index in [-0.39, 0.29) is 12.2 Å². The molecule has 0 bridgehead atoms. The minimum atomic E-state index is -1.41. The summed E-state index contributed by atoms with van der Waals surface area (Å²) in [4.78, 5) is 12.1. The van der Waals surface area contributed by atoms with Crippen molar-refractivity contribution in [2.75, 3.05) is 7.05 Å². The lowest BCUT2D eigenvalue weighted by Crippen LogP contribution is -2.51. The molecule has 3 atom stereocenters. The number of halogens is 1. The molecule has 0 fully saturated rings. The molecule has 1 aliphatic rings. The smallest absolute Gasteiger partial charge is 0.451 e. The zero-order valence-electron chi connectivity index (χ0n) is 13.9. The minimum absolute atomic E-state index is 0.172. The molecule has 0 heterocycles. The van der Waals surface area contributed by atoms with Crippen LogP contribution in [0, 0.1) is 11.7 Å². The van der Waals surface area contributed by atoms with Gasteiger partial charge in [0.2, 0.25) is 0 Å². The highest BCUT2D eigenvalue weighted by Gasteiger charge is 2.52. The molecule has 24 heavy (non-hydrogen) atoms. The van der Waals surface area contributed by atoms with Crippen molar-refractivity contribution in [1.29, 1.82) is 0 Å². The van der Waals surface area contributed by atoms with Gasteiger partial charge in [-0.15, -0.1) is 0 Å². The van der Waals surface area contributed by atoms with E-state index >= 15 is 0 Å². The van der Waals surface area contributed by atoms with Gasteiger partial charge in [0.25, 0.3) is 0 Å². The zero-order chi connectivity index (χ0) is 18.1. The van der Waals surface area contributed by atoms with Gasteiger partial charge in [0.1, 0.15) is 11.4 Å². The largest absolute Gasteiger partial charge is 0.480 e. The number of hydrogen-bond donors (Lipinski definition) is 5. The first kappa shape index (κ1) is 18.9. The van der Waals surface area contributed by atoms with Crippen LogP contribution < -0.4 is 11.1 Å². The van der Waals surface area contributed by atoms with Crippen LogP contribution in [0.5, 0.6) is 0 Å². The van der Waals surface area contributed by atoms with Crippen molar-refractivity contribution in [3.63, 3.8) is 0 Å². The van der Waals surface area contributed by atoms with Gasteiger partial charge >= 0.3 is 13.1 Å². The van der Waals surface area contributed by atoms with Crippen molar-refractivity contribution in [2.45, 2.75) is 44.1 Å². The fourth-order valence-corrected chi connectivity index (χ4v) is 3.76. The third-order valence-corrected chi connectivity index (χ3v) is 4.96. The van der Waals surface area contributed by atoms with E-state index in [9.17, 15) is 14.3 Å². The van der Waals surface area contributed by atoms with Gasteiger partial charge in [-0.25, -0.2) is 9.18 Å². The number of nitrogens with two attached hydrogens (primary N) is 1. The van der Waals surface area contributed by atoms with Gasteiger partial charge in [-0.05, 0) is 62.3 Å². The SMILES string of the molecule is CN[C@@]1(C(=O)O)c2cc([C@@H](C)N)c(F)cc2C[C@@H]1CCCB(O)O. The standard InChI is InChI=1S/C16H24BFN2O4/c1-9(19)12-8-13-10(7-14(12)18)6-11(4-3-5-17(23)24)16(13,20-2)15(21)22/h7-9,11,20,23-24H,3-6,19H2,1-2H3,(H,21,22)/t9-,11+,16-/m1/s1. The molecular formula is C16H24BFN2O4. The zero-order valence-corrected chi connectivity index (χ0v) is 13.9. The van der Waals surface area contributed by atoms with E-state index in [1.807, 2.05) is 0 Å². The van der Waals surface area contributed by atoms with Gasteiger partial charge in [-0.1, -0.05) is 6.42 Å². The third-order valence-electron chi connectivity index (χ3n) is 4.96. The Morgan fingerprint density at radius 3 is 2.71 bits per heavy atom. The molecule has 0 saturated heterocycles. The number of benzene rings is 1. The first-order valence-electron chi connectivity index (χ1n) is 8.10. The third kappa shape index (κ3) is 3.19. The summed E-state index contributed by atoms with van der Waals surface area (Å²) >= 11 is 0. The van der Waals surface area contributed by atoms with Crippen LogP contribution in [0.25, 0.3) is 0 Å². The average Bonchev–Trinajstić information content (AvgIpc) is 2.79. The van der Waals surface area contributed by atoms with E-state index < -0.39 is 30.5 Å². The van der Waals surface area contributed by atoms with Crippen molar-refractivity contribution in [3.8, 4) is 0 Å². The van der Waals surface area contributed by atoms with Crippen molar-refractivity contribution in [2.24, 2.45) is 11.7 Å². The summed E-state index contributed by atoms with van der Waals surface area (Å²) in [5.41, 5.74) is 5.96. The predicted octanol–water partition coefficient (Wildman–Crippen LogP) is 0.770. The van der Waals surface area contributed by atoms with Crippen molar-refractivity contribution in [3.05, 3.63) is 34.6 Å². The quantitative estimate of drug-likeness (QED) is 0.469. The van der Waals surface area contributed by atoms with Crippen LogP contribution >= 0.6 is 0 Å². The van der Waals surface area contributed by atoms with Crippen molar-refractivity contribution < 1.29 is 24.3 Å². The molecule has 2 rings (SSSR count). The maximum absolute atomic E-state index is 14.2. The molecule has 6 nitrogen and oxygen atoms in total. The average molecular weight is 338 g/mol. The molecule has 8 heteroatoms. The summed E-state index contributed by atoms with van der Waals surface area (Å²) < 4.78 is 14.2. The number of fused-ring (bicyclic) bond motifs is 1. The highest BCUT2D eigenvalue weighted by Crippen LogP contribution is 2.45. The van der Waals surface area contributed by atoms with Gasteiger partial charge < -0.3 is 26.2 Å². The molecule has 0 aromatic heterocycles. The lowest BCUT2D eigenvalue weighted by atomic mass is 9.76. The molecule has 0 saturated carbocycles. The number of aliphatic carboxylic acids is 1. The van der Waals surface area contributed by atoms with Crippen LogP contribution in [0.4, 0.5) is 4.39 Å². The van der Waals surface area contributed by atoms with Gasteiger partial charge in [0.15, 0.2) is 0 Å². The van der Waals surface area contributed by atoms with Crippen LogP contribution in [0.15, 0.2) is 12.1 Å². The van der Waals surface area contributed by atoms with E-state index in [2.05, 4.69) is 5.32 Å². The molecule has 1 aromatic carbocycles. The van der Waals surface area contributed by atoms with Gasteiger partial charge in [-0.2, -0.15) is 0 Å². The molecule has 1 aromatic rings. The van der Waals surface area contributed by atoms with E-state index in [1.165, 1.54) is 6.07 Å². The Labute approximate surface area is 141 Å². The van der Waals surface area contributed by atoms with Gasteiger partial charge in [0.05, 0.1) is 0 Å². The Morgan fingerprint density at radius 2 is 2.21 bits per heavy atom. The molecule has 0 aliphatic heterocycles. The normalized spacial score (nSPS) is 23.8. The van der Waals surface area contributed by atoms with Crippen LogP contribution in [-0.4, -0.2) is 35.3 Å². The Bertz CT molecular complexity index is 626. The number of carboxylic acid groups (broad SMARTS) is 1. The minimum Gasteiger partial charge on any atom is -0.480 e. The first-order valence-corrected chi connectivity index (χ1v) is 8.10. The monoisotopic (exact) mass is 338 g/mol. The second-order valence-electron chi connectivity index (χ2n) is 6.50. The molecule has 0 unspecified atom stereocenters. The summed E-state index contributed by atoms with van der Waals surface area (Å²) in [6.45, 7) is 1.65. The van der Waals surface area contributed by atoms with Crippen LogP contribution in [0.1, 0.15) is 42.5 Å². The number of likely N-dealkylation sites (N-methyl/N-ethyl adjacent to an activating group) is 1. The molecule has 0 radical (unpaired) electrons. The van der Waals surface area contributed by atoms with E-state index in [0.29, 0.717) is 36.0 Å². The highest BCUT2D eigenvalue weighted by atomic mass is 19.1. The Kier molecular flexibility index (Phi) is 5.65. The summed E-state index contributed by atoms with van der Waals surface area (Å²) in [7, 11) is 0.163. The van der Waals surface area contributed by atoms with Crippen LogP contribution in [0.2, 0.25) is 6.32 Å². The Balaban J connectivity index is 2.44. The Morgan fingerprint density at radius 1 is 1.54 bits per heavy atom. The van der Waals surface area contributed by atoms with Gasteiger partial charge in [0, 0.05) is 11.6 Å². The second kappa shape index (κ2) is 7.19. The second-order valence-corrected chi connectivity index (χ2v) is 6.50. The molecule has 0 spiro atoms. The summed E-state index contributed by atoms with van der Waals surface area (Å²) in [5, 5.41) is 30.8. The topological polar surface area (TPSA) is 116 Å². The number of rotatable bonds is 7. The molecule has 132 valence electrons. The Hall–Kier alpha value is -1.48. The summed E-state index contributed by atoms with van der Waals surface area (Å²) in [5.74, 6) is -1.76. The molecular weight excluding hydrogens is 314 g/mol. The summed E-state index contributed by atoms with van der Waals surface area (Å²) in [6, 6.07) is 2.40. The van der Waals surface area contributed by atoms with Crippen LogP contribution in [0.3, 0.4) is 0 Å². The maximum atomic E-state index is 14.2. The van der Waals surface area contributed by atoms with Crippen LogP contribution in [-0.2, 0) is 16.8 Å². The predicted molar refractivity (Wildman–Crippen MR) is 88.8 cm³/mol. The van der Waals surface area contributed by atoms with E-state index in [0.717, 1.165) is 0 Å². The number of carboxylic acids is 1. The summed E-state index contributed by atoms with van der Waals surface area (Å²) in [6.07, 6.45) is 1.54. The molecule has 6 N–H and O–H groups in total. The number of nitrogens with one attached hydrogen (secondary N) is 1. The lowest BCUT2D eigenvalue weighted by molar-refractivity contribution is -0.147. The van der Waals surface area contributed by atoms with Crippen molar-refractivity contribution >= 4 is 13.1 Å². The number of hydrogen-bond acceptors (Lipinski definition) is 5. The van der Waals surface area contributed by atoms with Gasteiger partial charge in [-0.3, -0.25) is 0 Å². The highest BCUT2D eigenvalue weighted by molar-refractivity contribution is 6.40. The molecule has 1 aliphatic carbocycles.